The van der Waals surface area contributed by atoms with Crippen LogP contribution in [-0.4, -0.2) is 34.8 Å². The second-order valence-electron chi connectivity index (χ2n) is 4.73. The monoisotopic (exact) mass is 347 g/mol. The highest BCUT2D eigenvalue weighted by Gasteiger charge is 2.07. The Kier molecular flexibility index (Phi) is 5.75. The lowest BCUT2D eigenvalue weighted by Crippen LogP contribution is -2.34. The number of carbonyl (C=O) groups is 2. The summed E-state index contributed by atoms with van der Waals surface area (Å²) in [6, 6.07) is 10.2. The van der Waals surface area contributed by atoms with Gasteiger partial charge in [0, 0.05) is 22.2 Å². The first-order valence-electron chi connectivity index (χ1n) is 6.83. The number of amides is 2. The summed E-state index contributed by atoms with van der Waals surface area (Å²) in [6.45, 7) is -0.264. The van der Waals surface area contributed by atoms with E-state index in [2.05, 4.69) is 15.8 Å². The number of phenols is 2. The number of hydrogen-bond acceptors (Lipinski definition) is 5. The van der Waals surface area contributed by atoms with Gasteiger partial charge < -0.3 is 15.5 Å². The minimum Gasteiger partial charge on any atom is -0.508 e. The maximum atomic E-state index is 11.8. The summed E-state index contributed by atoms with van der Waals surface area (Å²) in [7, 11) is 0. The summed E-state index contributed by atoms with van der Waals surface area (Å²) >= 11 is 5.73. The topological polar surface area (TPSA) is 111 Å². The number of nitrogens with zero attached hydrogens (tertiary/aromatic N) is 1. The van der Waals surface area contributed by atoms with Gasteiger partial charge in [0.25, 0.3) is 11.8 Å². The number of aromatic hydroxyl groups is 2. The molecule has 8 heteroatoms. The molecule has 0 aliphatic heterocycles. The first-order valence-corrected chi connectivity index (χ1v) is 7.21. The van der Waals surface area contributed by atoms with Crippen molar-refractivity contribution < 1.29 is 19.8 Å². The fourth-order valence-electron chi connectivity index (χ4n) is 1.72. The highest BCUT2D eigenvalue weighted by atomic mass is 35.5. The van der Waals surface area contributed by atoms with Gasteiger partial charge in [0.15, 0.2) is 0 Å². The molecule has 0 saturated carbocycles. The normalized spacial score (nSPS) is 10.5. The van der Waals surface area contributed by atoms with E-state index in [4.69, 9.17) is 16.7 Å². The zero-order valence-corrected chi connectivity index (χ0v) is 13.1. The average molecular weight is 348 g/mol. The van der Waals surface area contributed by atoms with Crippen molar-refractivity contribution in [3.05, 3.63) is 58.6 Å². The van der Waals surface area contributed by atoms with Gasteiger partial charge in [-0.25, -0.2) is 5.43 Å². The zero-order valence-electron chi connectivity index (χ0n) is 12.4. The molecule has 0 atom stereocenters. The third-order valence-corrected chi connectivity index (χ3v) is 3.17. The molecule has 4 N–H and O–H groups in total. The van der Waals surface area contributed by atoms with Crippen molar-refractivity contribution >= 4 is 29.6 Å². The third kappa shape index (κ3) is 4.99. The molecule has 2 rings (SSSR count). The molecule has 2 aromatic carbocycles. The predicted molar refractivity (Wildman–Crippen MR) is 89.3 cm³/mol. The van der Waals surface area contributed by atoms with Gasteiger partial charge in [0.1, 0.15) is 11.5 Å². The third-order valence-electron chi connectivity index (χ3n) is 2.92. The Morgan fingerprint density at radius 3 is 2.50 bits per heavy atom. The largest absolute Gasteiger partial charge is 0.508 e. The highest BCUT2D eigenvalue weighted by molar-refractivity contribution is 6.30. The molecule has 124 valence electrons. The molecule has 0 heterocycles. The Morgan fingerprint density at radius 1 is 1.12 bits per heavy atom. The molecular weight excluding hydrogens is 334 g/mol. The highest BCUT2D eigenvalue weighted by Crippen LogP contribution is 2.20. The van der Waals surface area contributed by atoms with E-state index in [1.54, 1.807) is 24.3 Å². The maximum absolute atomic E-state index is 11.8. The maximum Gasteiger partial charge on any atom is 0.259 e. The van der Waals surface area contributed by atoms with Gasteiger partial charge in [-0.3, -0.25) is 9.59 Å². The Hall–Kier alpha value is -3.06. The van der Waals surface area contributed by atoms with E-state index in [0.717, 1.165) is 6.07 Å². The van der Waals surface area contributed by atoms with Crippen molar-refractivity contribution in [2.24, 2.45) is 5.10 Å². The second kappa shape index (κ2) is 7.98. The molecule has 7 nitrogen and oxygen atoms in total. The SMILES string of the molecule is O=C(CNC(=O)c1ccc(Cl)cc1)NN=Cc1ccc(O)cc1O. The van der Waals surface area contributed by atoms with Crippen LogP contribution in [0.1, 0.15) is 15.9 Å². The molecule has 0 fully saturated rings. The quantitative estimate of drug-likeness (QED) is 0.486. The fraction of sp³-hybridized carbons (Fsp3) is 0.0625. The number of hydrogen-bond donors (Lipinski definition) is 4. The van der Waals surface area contributed by atoms with Crippen LogP contribution >= 0.6 is 11.6 Å². The minimum absolute atomic E-state index is 0.0846. The van der Waals surface area contributed by atoms with Crippen LogP contribution in [0.25, 0.3) is 0 Å². The number of carbonyl (C=O) groups excluding carboxylic acids is 2. The van der Waals surface area contributed by atoms with E-state index in [1.165, 1.54) is 18.3 Å². The zero-order chi connectivity index (χ0) is 17.5. The lowest BCUT2D eigenvalue weighted by atomic mass is 10.2. The van der Waals surface area contributed by atoms with Crippen molar-refractivity contribution in [3.8, 4) is 11.5 Å². The molecule has 0 aliphatic rings. The fourth-order valence-corrected chi connectivity index (χ4v) is 1.84. The van der Waals surface area contributed by atoms with Crippen molar-refractivity contribution in [3.63, 3.8) is 0 Å². The standard InChI is InChI=1S/C16H14ClN3O4/c17-12-4-1-10(2-5-12)16(24)18-9-15(23)20-19-8-11-3-6-13(21)7-14(11)22/h1-8,21-22H,9H2,(H,18,24)(H,20,23). The molecule has 0 aromatic heterocycles. The molecule has 0 aliphatic carbocycles. The second-order valence-corrected chi connectivity index (χ2v) is 5.16. The summed E-state index contributed by atoms with van der Waals surface area (Å²) in [5, 5.41) is 25.3. The van der Waals surface area contributed by atoms with Crippen LogP contribution in [-0.2, 0) is 4.79 Å². The predicted octanol–water partition coefficient (Wildman–Crippen LogP) is 1.63. The van der Waals surface area contributed by atoms with Crippen LogP contribution in [0.5, 0.6) is 11.5 Å². The lowest BCUT2D eigenvalue weighted by molar-refractivity contribution is -0.120. The summed E-state index contributed by atoms with van der Waals surface area (Å²) < 4.78 is 0. The van der Waals surface area contributed by atoms with Gasteiger partial charge in [-0.05, 0) is 36.4 Å². The van der Waals surface area contributed by atoms with Gasteiger partial charge in [-0.1, -0.05) is 11.6 Å². The number of benzene rings is 2. The molecule has 0 bridgehead atoms. The first kappa shape index (κ1) is 17.3. The number of hydrazone groups is 1. The first-order chi connectivity index (χ1) is 11.5. The van der Waals surface area contributed by atoms with E-state index in [1.807, 2.05) is 0 Å². The lowest BCUT2D eigenvalue weighted by Gasteiger charge is -2.04. The Labute approximate surface area is 142 Å². The molecule has 0 radical (unpaired) electrons. The van der Waals surface area contributed by atoms with Crippen LogP contribution in [0.3, 0.4) is 0 Å². The van der Waals surface area contributed by atoms with Crippen molar-refractivity contribution in [2.75, 3.05) is 6.54 Å². The van der Waals surface area contributed by atoms with Crippen molar-refractivity contribution in [1.82, 2.24) is 10.7 Å². The van der Waals surface area contributed by atoms with E-state index < -0.39 is 11.8 Å². The summed E-state index contributed by atoms with van der Waals surface area (Å²) in [6.07, 6.45) is 1.22. The Balaban J connectivity index is 1.81. The van der Waals surface area contributed by atoms with Gasteiger partial charge in [0.05, 0.1) is 12.8 Å². The molecular formula is C16H14ClN3O4. The molecule has 0 spiro atoms. The number of nitrogens with one attached hydrogen (secondary N) is 2. The summed E-state index contributed by atoms with van der Waals surface area (Å²) in [5.41, 5.74) is 2.91. The number of halogens is 1. The smallest absolute Gasteiger partial charge is 0.259 e. The van der Waals surface area contributed by atoms with Crippen LogP contribution in [0, 0.1) is 0 Å². The number of phenolic OH excluding ortho intramolecular Hbond substituents is 2. The molecule has 2 aromatic rings. The molecule has 2 amide bonds. The summed E-state index contributed by atoms with van der Waals surface area (Å²) in [4.78, 5) is 23.4. The van der Waals surface area contributed by atoms with E-state index in [-0.39, 0.29) is 18.0 Å². The van der Waals surface area contributed by atoms with Gasteiger partial charge in [-0.2, -0.15) is 5.10 Å². The van der Waals surface area contributed by atoms with Crippen LogP contribution < -0.4 is 10.7 Å². The Morgan fingerprint density at radius 2 is 1.83 bits per heavy atom. The van der Waals surface area contributed by atoms with Gasteiger partial charge in [0.2, 0.25) is 0 Å². The molecule has 24 heavy (non-hydrogen) atoms. The molecule has 0 saturated heterocycles. The van der Waals surface area contributed by atoms with Crippen LogP contribution in [0.4, 0.5) is 0 Å². The minimum atomic E-state index is -0.535. The van der Waals surface area contributed by atoms with E-state index >= 15 is 0 Å². The number of rotatable bonds is 5. The van der Waals surface area contributed by atoms with Crippen molar-refractivity contribution in [2.45, 2.75) is 0 Å². The van der Waals surface area contributed by atoms with Crippen LogP contribution in [0.15, 0.2) is 47.6 Å². The van der Waals surface area contributed by atoms with E-state index in [0.29, 0.717) is 16.1 Å². The van der Waals surface area contributed by atoms with Crippen molar-refractivity contribution in [1.29, 1.82) is 0 Å². The Bertz CT molecular complexity index is 775. The average Bonchev–Trinajstić information content (AvgIpc) is 2.55. The van der Waals surface area contributed by atoms with Gasteiger partial charge in [-0.15, -0.1) is 0 Å². The van der Waals surface area contributed by atoms with Crippen LogP contribution in [0.2, 0.25) is 5.02 Å². The van der Waals surface area contributed by atoms with E-state index in [9.17, 15) is 14.7 Å². The molecule has 0 unspecified atom stereocenters. The van der Waals surface area contributed by atoms with Gasteiger partial charge >= 0.3 is 0 Å². The summed E-state index contributed by atoms with van der Waals surface area (Å²) in [5.74, 6) is -1.21.